The lowest BCUT2D eigenvalue weighted by molar-refractivity contribution is -0.119. The first kappa shape index (κ1) is 24.3. The maximum atomic E-state index is 12.4. The maximum Gasteiger partial charge on any atom is 0.260 e. The Labute approximate surface area is 186 Å². The summed E-state index contributed by atoms with van der Waals surface area (Å²) in [6, 6.07) is 8.02. The van der Waals surface area contributed by atoms with Gasteiger partial charge in [-0.05, 0) is 42.8 Å². The smallest absolute Gasteiger partial charge is 0.260 e. The largest absolute Gasteiger partial charge is 0.493 e. The van der Waals surface area contributed by atoms with Crippen LogP contribution in [0.4, 0.5) is 5.69 Å². The molecule has 0 aromatic heterocycles. The summed E-state index contributed by atoms with van der Waals surface area (Å²) in [5.41, 5.74) is 3.87. The van der Waals surface area contributed by atoms with Crippen molar-refractivity contribution in [2.24, 2.45) is 5.10 Å². The van der Waals surface area contributed by atoms with Gasteiger partial charge in [0.25, 0.3) is 5.91 Å². The van der Waals surface area contributed by atoms with Crippen LogP contribution in [0.1, 0.15) is 11.1 Å². The molecule has 11 heteroatoms. The number of nitrogens with zero attached hydrogens (tertiary/aromatic N) is 2. The van der Waals surface area contributed by atoms with Crippen molar-refractivity contribution in [1.82, 2.24) is 5.43 Å². The van der Waals surface area contributed by atoms with E-state index in [1.165, 1.54) is 27.5 Å². The lowest BCUT2D eigenvalue weighted by atomic mass is 10.2. The van der Waals surface area contributed by atoms with E-state index in [2.05, 4.69) is 10.5 Å². The van der Waals surface area contributed by atoms with E-state index in [0.29, 0.717) is 39.1 Å². The summed E-state index contributed by atoms with van der Waals surface area (Å²) in [7, 11) is 0.739. The van der Waals surface area contributed by atoms with Crippen LogP contribution in [0.25, 0.3) is 0 Å². The number of methoxy groups -OCH3 is 3. The fraction of sp³-hybridized carbons (Fsp3) is 0.300. The van der Waals surface area contributed by atoms with E-state index in [9.17, 15) is 13.2 Å². The molecule has 0 unspecified atom stereocenters. The molecule has 9 nitrogen and oxygen atoms in total. The third kappa shape index (κ3) is 6.25. The second-order valence-electron chi connectivity index (χ2n) is 6.45. The number of aryl methyl sites for hydroxylation is 1. The molecule has 0 saturated heterocycles. The van der Waals surface area contributed by atoms with Crippen molar-refractivity contribution in [3.8, 4) is 17.2 Å². The number of ether oxygens (including phenoxy) is 3. The number of sulfonamides is 1. The van der Waals surface area contributed by atoms with Gasteiger partial charge >= 0.3 is 0 Å². The summed E-state index contributed by atoms with van der Waals surface area (Å²) in [5.74, 6) is 0.656. The molecular formula is C20H24ClN3O6S. The van der Waals surface area contributed by atoms with Crippen molar-refractivity contribution in [1.29, 1.82) is 0 Å². The van der Waals surface area contributed by atoms with Gasteiger partial charge in [-0.3, -0.25) is 9.10 Å². The first-order chi connectivity index (χ1) is 14.6. The maximum absolute atomic E-state index is 12.4. The van der Waals surface area contributed by atoms with Gasteiger partial charge in [-0.2, -0.15) is 5.10 Å². The number of hydrogen-bond donors (Lipinski definition) is 1. The molecule has 2 aromatic rings. The quantitative estimate of drug-likeness (QED) is 0.447. The van der Waals surface area contributed by atoms with Crippen molar-refractivity contribution < 1.29 is 27.4 Å². The number of rotatable bonds is 9. The molecule has 0 aliphatic heterocycles. The molecule has 0 fully saturated rings. The van der Waals surface area contributed by atoms with Crippen molar-refractivity contribution in [3.63, 3.8) is 0 Å². The third-order valence-electron chi connectivity index (χ3n) is 4.21. The Balaban J connectivity index is 2.18. The van der Waals surface area contributed by atoms with Gasteiger partial charge in [0.1, 0.15) is 6.54 Å². The number of benzene rings is 2. The molecule has 1 amide bonds. The number of halogens is 1. The Kier molecular flexibility index (Phi) is 8.12. The van der Waals surface area contributed by atoms with Gasteiger partial charge in [0, 0.05) is 10.6 Å². The first-order valence-corrected chi connectivity index (χ1v) is 11.2. The fourth-order valence-corrected chi connectivity index (χ4v) is 3.94. The lowest BCUT2D eigenvalue weighted by Crippen LogP contribution is -2.39. The summed E-state index contributed by atoms with van der Waals surface area (Å²) in [5, 5.41) is 4.36. The Morgan fingerprint density at radius 2 is 1.74 bits per heavy atom. The van der Waals surface area contributed by atoms with Crippen LogP contribution in [-0.4, -0.2) is 54.7 Å². The minimum atomic E-state index is -3.72. The number of anilines is 1. The topological polar surface area (TPSA) is 107 Å². The highest BCUT2D eigenvalue weighted by atomic mass is 35.5. The molecule has 0 aliphatic rings. The van der Waals surface area contributed by atoms with Crippen LogP contribution in [0.5, 0.6) is 17.2 Å². The fourth-order valence-electron chi connectivity index (χ4n) is 2.80. The van der Waals surface area contributed by atoms with Crippen LogP contribution < -0.4 is 23.9 Å². The molecule has 0 saturated carbocycles. The molecule has 0 heterocycles. The van der Waals surface area contributed by atoms with Crippen molar-refractivity contribution in [2.75, 3.05) is 38.4 Å². The van der Waals surface area contributed by atoms with Crippen LogP contribution in [-0.2, 0) is 14.8 Å². The summed E-state index contributed by atoms with van der Waals surface area (Å²) in [6.45, 7) is 1.26. The average molecular weight is 470 g/mol. The van der Waals surface area contributed by atoms with E-state index in [1.54, 1.807) is 37.3 Å². The molecular weight excluding hydrogens is 446 g/mol. The Bertz CT molecular complexity index is 1060. The zero-order valence-corrected chi connectivity index (χ0v) is 19.4. The lowest BCUT2D eigenvalue weighted by Gasteiger charge is -2.23. The van der Waals surface area contributed by atoms with E-state index >= 15 is 0 Å². The number of carbonyl (C=O) groups is 1. The Hall–Kier alpha value is -2.98. The number of carbonyl (C=O) groups excluding carboxylic acids is 1. The van der Waals surface area contributed by atoms with Gasteiger partial charge in [0.15, 0.2) is 11.5 Å². The van der Waals surface area contributed by atoms with Crippen LogP contribution in [0.2, 0.25) is 5.02 Å². The monoisotopic (exact) mass is 469 g/mol. The zero-order chi connectivity index (χ0) is 23.2. The standard InChI is InChI=1S/C20H24ClN3O6S/c1-13-8-15(21)6-7-16(13)24(31(5,26)27)12-19(25)23-22-11-14-9-17(28-2)20(30-4)18(10-14)29-3/h6-11H,12H2,1-5H3,(H,23,25)/b22-11-. The highest BCUT2D eigenvalue weighted by Gasteiger charge is 2.22. The van der Waals surface area contributed by atoms with Gasteiger partial charge in [0.2, 0.25) is 15.8 Å². The van der Waals surface area contributed by atoms with Crippen LogP contribution in [0.15, 0.2) is 35.4 Å². The molecule has 0 aliphatic carbocycles. The number of amides is 1. The van der Waals surface area contributed by atoms with Crippen LogP contribution >= 0.6 is 11.6 Å². The number of hydrazone groups is 1. The third-order valence-corrected chi connectivity index (χ3v) is 5.57. The number of nitrogens with one attached hydrogen (secondary N) is 1. The SMILES string of the molecule is COc1cc(/C=N\NC(=O)CN(c2ccc(Cl)cc2C)S(C)(=O)=O)cc(OC)c1OC. The Morgan fingerprint density at radius 1 is 1.13 bits per heavy atom. The van der Waals surface area contributed by atoms with Gasteiger partial charge in [-0.1, -0.05) is 11.6 Å². The molecule has 2 rings (SSSR count). The molecule has 31 heavy (non-hydrogen) atoms. The van der Waals surface area contributed by atoms with Gasteiger partial charge in [-0.25, -0.2) is 13.8 Å². The van der Waals surface area contributed by atoms with E-state index in [4.69, 9.17) is 25.8 Å². The van der Waals surface area contributed by atoms with Crippen LogP contribution in [0, 0.1) is 6.92 Å². The zero-order valence-electron chi connectivity index (χ0n) is 17.8. The highest BCUT2D eigenvalue weighted by molar-refractivity contribution is 7.92. The predicted molar refractivity (Wildman–Crippen MR) is 120 cm³/mol. The Morgan fingerprint density at radius 3 is 2.23 bits per heavy atom. The second-order valence-corrected chi connectivity index (χ2v) is 8.80. The first-order valence-electron chi connectivity index (χ1n) is 8.96. The van der Waals surface area contributed by atoms with E-state index in [-0.39, 0.29) is 0 Å². The van der Waals surface area contributed by atoms with Crippen molar-refractivity contribution in [2.45, 2.75) is 6.92 Å². The van der Waals surface area contributed by atoms with Crippen molar-refractivity contribution in [3.05, 3.63) is 46.5 Å². The average Bonchev–Trinajstić information content (AvgIpc) is 2.71. The van der Waals surface area contributed by atoms with Gasteiger partial charge in [0.05, 0.1) is 39.5 Å². The summed E-state index contributed by atoms with van der Waals surface area (Å²) in [6.07, 6.45) is 2.40. The molecule has 0 spiro atoms. The minimum Gasteiger partial charge on any atom is -0.493 e. The predicted octanol–water partition coefficient (Wildman–Crippen LogP) is 2.59. The van der Waals surface area contributed by atoms with E-state index in [0.717, 1.165) is 10.6 Å². The highest BCUT2D eigenvalue weighted by Crippen LogP contribution is 2.37. The minimum absolute atomic E-state index is 0.357. The second kappa shape index (κ2) is 10.4. The summed E-state index contributed by atoms with van der Waals surface area (Å²) < 4.78 is 41.3. The molecule has 1 N–H and O–H groups in total. The normalized spacial score (nSPS) is 11.3. The van der Waals surface area contributed by atoms with E-state index in [1.807, 2.05) is 0 Å². The molecule has 0 atom stereocenters. The van der Waals surface area contributed by atoms with Gasteiger partial charge in [-0.15, -0.1) is 0 Å². The molecule has 168 valence electrons. The van der Waals surface area contributed by atoms with Gasteiger partial charge < -0.3 is 14.2 Å². The van der Waals surface area contributed by atoms with Crippen LogP contribution in [0.3, 0.4) is 0 Å². The molecule has 0 bridgehead atoms. The van der Waals surface area contributed by atoms with E-state index < -0.39 is 22.5 Å². The molecule has 0 radical (unpaired) electrons. The summed E-state index contributed by atoms with van der Waals surface area (Å²) >= 11 is 5.94. The van der Waals surface area contributed by atoms with Crippen molar-refractivity contribution >= 4 is 39.4 Å². The number of hydrogen-bond acceptors (Lipinski definition) is 7. The molecule has 2 aromatic carbocycles. The summed E-state index contributed by atoms with van der Waals surface area (Å²) in [4.78, 5) is 12.4.